The Labute approximate surface area is 878 Å². The van der Waals surface area contributed by atoms with Gasteiger partial charge in [0.1, 0.15) is 59.1 Å². The number of aliphatic carboxylic acids is 1. The number of aliphatic hydroxyl groups is 1. The van der Waals surface area contributed by atoms with Gasteiger partial charge in [0, 0.05) is 115 Å². The van der Waals surface area contributed by atoms with E-state index in [1.807, 2.05) is 39.8 Å². The van der Waals surface area contributed by atoms with Crippen molar-refractivity contribution in [3.8, 4) is 5.75 Å². The van der Waals surface area contributed by atoms with Crippen LogP contribution in [0, 0.1) is 11.8 Å². The number of nitrogens with zero attached hydrogens (tertiary/aromatic N) is 1. The third-order valence-corrected chi connectivity index (χ3v) is 26.5. The Hall–Kier alpha value is -12.5. The van der Waals surface area contributed by atoms with Crippen molar-refractivity contribution in [2.45, 2.75) is 353 Å². The summed E-state index contributed by atoms with van der Waals surface area (Å²) in [5, 5.41) is 72.3. The largest absolute Gasteiger partial charge is 0.508 e. The highest BCUT2D eigenvalue weighted by molar-refractivity contribution is 6.05. The third-order valence-electron chi connectivity index (χ3n) is 26.5. The number of likely N-dealkylation sites (N-methyl/N-ethyl adjacent to an activating group) is 1. The number of hydrogen-bond donors (Lipinski definition) is 22. The number of carbonyl (C=O) groups excluding carboxylic acids is 19. The molecule has 150 heavy (non-hydrogen) atoms. The van der Waals surface area contributed by atoms with Gasteiger partial charge in [-0.25, -0.2) is 10.9 Å². The number of carboxylic acid groups (broad SMARTS) is 1. The van der Waals surface area contributed by atoms with E-state index >= 15 is 24.0 Å². The fourth-order valence-electron chi connectivity index (χ4n) is 16.9. The molecule has 43 nitrogen and oxygen atoms in total. The molecular formula is C107H164N20O23. The van der Waals surface area contributed by atoms with Gasteiger partial charge < -0.3 is 101 Å². The number of carboxylic acids is 1. The third kappa shape index (κ3) is 47.0. The van der Waals surface area contributed by atoms with Crippen molar-refractivity contribution in [2.75, 3.05) is 53.0 Å². The number of hydrogen-bond acceptors (Lipinski definition) is 31. The number of phenolic OH excluding ortho intramolecular Hbond substituents is 1. The molecule has 17 atom stereocenters. The predicted octanol–water partition coefficient (Wildman–Crippen LogP) is 1.80. The number of nitrogens with two attached hydrogens (primary N) is 2. The van der Waals surface area contributed by atoms with E-state index in [2.05, 4.69) is 90.3 Å². The van der Waals surface area contributed by atoms with Crippen LogP contribution >= 0.6 is 0 Å². The number of primary amides is 2. The Bertz CT molecular complexity index is 5210. The van der Waals surface area contributed by atoms with Gasteiger partial charge in [0.05, 0.1) is 86.0 Å². The van der Waals surface area contributed by atoms with Crippen LogP contribution in [0.25, 0.3) is 10.9 Å². The summed E-state index contributed by atoms with van der Waals surface area (Å²) >= 11 is 0. The van der Waals surface area contributed by atoms with E-state index < -0.39 is 222 Å². The number of phenols is 1. The van der Waals surface area contributed by atoms with Crippen LogP contribution in [0.4, 0.5) is 0 Å². The topological polar surface area (TPSA) is 666 Å². The maximum Gasteiger partial charge on any atom is 0.303 e. The molecule has 10 amide bonds. The number of benzene rings is 3. The molecular weight excluding hydrogens is 1930 g/mol. The Kier molecular flexibility index (Phi) is 56.0. The van der Waals surface area contributed by atoms with Gasteiger partial charge in [-0.3, -0.25) is 106 Å². The van der Waals surface area contributed by atoms with Crippen LogP contribution in [-0.4, -0.2) is 297 Å². The van der Waals surface area contributed by atoms with Crippen molar-refractivity contribution in [1.29, 1.82) is 0 Å². The van der Waals surface area contributed by atoms with Crippen molar-refractivity contribution < 1.29 is 111 Å². The lowest BCUT2D eigenvalue weighted by molar-refractivity contribution is -0.140. The zero-order valence-electron chi connectivity index (χ0n) is 89.6. The van der Waals surface area contributed by atoms with Gasteiger partial charge in [0.2, 0.25) is 59.1 Å². The average molecular weight is 2100 g/mol. The molecule has 0 spiro atoms. The van der Waals surface area contributed by atoms with Gasteiger partial charge in [-0.2, -0.15) is 0 Å². The van der Waals surface area contributed by atoms with Gasteiger partial charge in [-0.05, 0) is 180 Å². The molecule has 2 heterocycles. The van der Waals surface area contributed by atoms with Crippen LogP contribution in [0.5, 0.6) is 5.75 Å². The first-order valence-electron chi connectivity index (χ1n) is 52.1. The number of hydrazine groups is 1. The highest BCUT2D eigenvalue weighted by atomic mass is 16.4. The van der Waals surface area contributed by atoms with Gasteiger partial charge in [-0.15, -0.1) is 0 Å². The van der Waals surface area contributed by atoms with Crippen molar-refractivity contribution in [3.63, 3.8) is 0 Å². The minimum absolute atomic E-state index is 0.00327. The second-order valence-corrected chi connectivity index (χ2v) is 40.7. The number of aromatic nitrogens is 1. The van der Waals surface area contributed by atoms with Crippen molar-refractivity contribution in [1.82, 2.24) is 95.2 Å². The van der Waals surface area contributed by atoms with Crippen LogP contribution in [0.1, 0.15) is 248 Å². The number of ketones is 9. The Morgan fingerprint density at radius 1 is 0.513 bits per heavy atom. The number of amides is 10. The molecule has 24 N–H and O–H groups in total. The molecule has 0 fully saturated rings. The van der Waals surface area contributed by atoms with E-state index in [1.54, 1.807) is 114 Å². The number of aliphatic hydroxyl groups excluding tert-OH is 1. The Morgan fingerprint density at radius 3 is 1.63 bits per heavy atom. The molecule has 0 radical (unpaired) electrons. The van der Waals surface area contributed by atoms with Crippen LogP contribution in [0.2, 0.25) is 0 Å². The number of carbonyl (C=O) groups is 20. The molecule has 0 unspecified atom stereocenters. The van der Waals surface area contributed by atoms with Gasteiger partial charge in [0.15, 0.2) is 40.5 Å². The van der Waals surface area contributed by atoms with E-state index in [-0.39, 0.29) is 176 Å². The normalized spacial score (nSPS) is 21.2. The second-order valence-electron chi connectivity index (χ2n) is 40.7. The molecule has 43 heteroatoms. The lowest BCUT2D eigenvalue weighted by atomic mass is 9.88. The van der Waals surface area contributed by atoms with Crippen LogP contribution in [0.3, 0.4) is 0 Å². The summed E-state index contributed by atoms with van der Waals surface area (Å²) in [5.74, 6) is -14.1. The molecule has 1 aliphatic rings. The fourth-order valence-corrected chi connectivity index (χ4v) is 16.9. The maximum absolute atomic E-state index is 15.6. The summed E-state index contributed by atoms with van der Waals surface area (Å²) in [7, 11) is 1.67. The number of aromatic hydroxyl groups is 1. The monoisotopic (exact) mass is 2100 g/mol. The lowest BCUT2D eigenvalue weighted by Gasteiger charge is -2.34. The molecule has 0 saturated carbocycles. The fraction of sp³-hybridized carbons (Fsp3) is 0.607. The molecule has 0 bridgehead atoms. The van der Waals surface area contributed by atoms with E-state index in [9.17, 15) is 87.2 Å². The first kappa shape index (κ1) is 128. The summed E-state index contributed by atoms with van der Waals surface area (Å²) in [6, 6.07) is 4.45. The van der Waals surface area contributed by atoms with E-state index in [4.69, 9.17) is 11.5 Å². The number of allylic oxidation sites excluding steroid dienone is 2. The van der Waals surface area contributed by atoms with Crippen molar-refractivity contribution >= 4 is 128 Å². The number of Topliss-reactive ketones (excluding diaryl/α,β-unsaturated/α-hetero) is 9. The smallest absolute Gasteiger partial charge is 0.303 e. The number of H-pyrrole nitrogens is 1. The number of aromatic amines is 1. The highest BCUT2D eigenvalue weighted by Crippen LogP contribution is 2.25. The second kappa shape index (κ2) is 65.6. The molecule has 1 aromatic heterocycles. The van der Waals surface area contributed by atoms with Crippen LogP contribution < -0.4 is 96.8 Å². The molecule has 5 rings (SSSR count). The minimum Gasteiger partial charge on any atom is -0.508 e. The molecule has 1 aliphatic heterocycles. The number of nitrogens with one attached hydrogen (secondary N) is 17. The average Bonchev–Trinajstić information content (AvgIpc) is 0.884. The summed E-state index contributed by atoms with van der Waals surface area (Å²) in [4.78, 5) is 283. The Balaban J connectivity index is 1.45. The molecule has 0 saturated heterocycles. The lowest BCUT2D eigenvalue weighted by Crippen LogP contribution is -2.65. The summed E-state index contributed by atoms with van der Waals surface area (Å²) in [6.07, 6.45) is 3.41. The molecule has 4 aromatic rings. The zero-order valence-corrected chi connectivity index (χ0v) is 89.6. The summed E-state index contributed by atoms with van der Waals surface area (Å²) in [6.45, 7) is 21.9. The van der Waals surface area contributed by atoms with Gasteiger partial charge in [-0.1, -0.05) is 120 Å². The summed E-state index contributed by atoms with van der Waals surface area (Å²) < 4.78 is 0. The summed E-state index contributed by atoms with van der Waals surface area (Å²) in [5.41, 5.74) is 15.1. The zero-order chi connectivity index (χ0) is 112. The maximum atomic E-state index is 15.6. The van der Waals surface area contributed by atoms with E-state index in [1.165, 1.54) is 52.0 Å². The molecule has 3 aromatic carbocycles. The molecule has 830 valence electrons. The van der Waals surface area contributed by atoms with E-state index in [0.717, 1.165) is 0 Å². The van der Waals surface area contributed by atoms with Crippen molar-refractivity contribution in [2.24, 2.45) is 23.3 Å². The first-order valence-corrected chi connectivity index (χ1v) is 52.1. The predicted molar refractivity (Wildman–Crippen MR) is 564 cm³/mol. The van der Waals surface area contributed by atoms with Crippen LogP contribution in [-0.2, 0) is 115 Å². The van der Waals surface area contributed by atoms with Crippen LogP contribution in [0.15, 0.2) is 97.2 Å². The minimum atomic E-state index is -2.05. The number of para-hydroxylation sites is 1. The molecule has 0 aliphatic carbocycles. The van der Waals surface area contributed by atoms with Gasteiger partial charge >= 0.3 is 5.97 Å². The van der Waals surface area contributed by atoms with Crippen molar-refractivity contribution in [3.05, 3.63) is 114 Å². The quantitative estimate of drug-likeness (QED) is 0.0170. The van der Waals surface area contributed by atoms with Gasteiger partial charge in [0.25, 0.3) is 0 Å². The standard InChI is InChI=1S/C107H164N20O23/c1-63(2)52-82(117-72(12)129)101(146)122-98(71(11)128)104(149)120-84(54-73-30-24-23-25-31-73)102(147)124-107(14)48-29-22-20-18-16-17-19-21-28-47-106(13,94(139)60-114-68(8)90(135)46-51-112-67(7)89(134)45-50-111-66(6)88(133)44-49-110-65(5)86(131)40-41-87(132)69(9)116-62-127(15)61-96(109)141)123-103(148)85(53-64(3)4)126-125-79(38-42-95(108)140)92(137)57-91(136)70(10)113-59-93(138)81(56-75-58-115-78-33-27-26-32-77(75)78)118-100(145)83(55-74-34-36-76(130)37-35-74)119-99(144)80(121-105(107)150)39-43-97(142)143/h17,19,23-27,30-37,58,63-71,79-85,98,110-116,125-126,128,130H,16,18,20-22,28-29,38-57,59-62H2,1-15H3,(H2,108,140)(H2,109,141)(H,117,129)(H,118,145)(H,119,144)(H,120,149)(H,121,150)(H,122,146)(H,123,148)(H,124,147)(H,142,143)/t65-,66-,67-,68-,69-,70-,71+,79-,80-,81-,82-,83-,84-,85-,98-,106-,107+/m0/s1. The SMILES string of the molecule is CC(=O)N[C@@H](CC(C)C)C(=O)N[C@H](C(=O)N[C@@H](Cc1ccccc1)C(=O)N[C@]1(C)CCCCCCC=CCCC[C@@](C)(C(=O)CN[C@@H](C)C(=O)CCN[C@@H](C)C(=O)CCN[C@@H](C)C(=O)CCN[C@@H](C)C(=O)CCC(=O)[C@H](C)NCN(C)CC(N)=O)NC(=O)[C@H](CC(C)C)NN[C@@H](CCC(N)=O)C(=O)CC(=O)[C@H](C)NCC(=O)[C@H](Cc2c[nH]c3ccccc23)NC(=O)[C@H](Cc2ccc(O)cc2)NC(=O)[C@H](CCC(=O)O)NC1=O)[C@@H](C)O. The number of fused-ring (bicyclic) bond motifs is 1. The van der Waals surface area contributed by atoms with E-state index in [0.29, 0.717) is 66.1 Å². The Morgan fingerprint density at radius 2 is 1.06 bits per heavy atom. The number of rotatable bonds is 53. The highest BCUT2D eigenvalue weighted by Gasteiger charge is 2.43. The first-order chi connectivity index (χ1) is 70.8.